The van der Waals surface area contributed by atoms with Crippen LogP contribution < -0.4 is 0 Å². The number of benzene rings is 4. The van der Waals surface area contributed by atoms with E-state index >= 15 is 0 Å². The molecular formula is C37H33NO2. The number of rotatable bonds is 3. The molecule has 4 aliphatic rings. The molecule has 2 unspecified atom stereocenters. The van der Waals surface area contributed by atoms with Gasteiger partial charge >= 0.3 is 6.09 Å². The fourth-order valence-corrected chi connectivity index (χ4v) is 7.90. The Bertz CT molecular complexity index is 1670. The lowest BCUT2D eigenvalue weighted by molar-refractivity contribution is 0.0866. The number of ether oxygens (including phenoxy) is 1. The summed E-state index contributed by atoms with van der Waals surface area (Å²) in [7, 11) is 0. The zero-order valence-electron chi connectivity index (χ0n) is 23.1. The van der Waals surface area contributed by atoms with E-state index < -0.39 is 0 Å². The van der Waals surface area contributed by atoms with Crippen LogP contribution in [0.25, 0.3) is 27.8 Å². The molecule has 198 valence electrons. The van der Waals surface area contributed by atoms with Crippen LogP contribution in [0, 0.1) is 0 Å². The zero-order valence-corrected chi connectivity index (χ0v) is 23.1. The fraction of sp³-hybridized carbons (Fsp3) is 0.270. The highest BCUT2D eigenvalue weighted by atomic mass is 16.6. The van der Waals surface area contributed by atoms with E-state index in [2.05, 4.69) is 111 Å². The second kappa shape index (κ2) is 8.69. The van der Waals surface area contributed by atoms with Crippen LogP contribution in [0.1, 0.15) is 66.8 Å². The van der Waals surface area contributed by atoms with Crippen molar-refractivity contribution >= 4 is 11.7 Å². The first kappa shape index (κ1) is 23.7. The summed E-state index contributed by atoms with van der Waals surface area (Å²) < 4.78 is 6.08. The molecule has 0 saturated carbocycles. The van der Waals surface area contributed by atoms with Crippen LogP contribution in [0.5, 0.6) is 0 Å². The molecule has 1 fully saturated rings. The van der Waals surface area contributed by atoms with Crippen molar-refractivity contribution in [3.63, 3.8) is 0 Å². The third-order valence-corrected chi connectivity index (χ3v) is 9.90. The van der Waals surface area contributed by atoms with Gasteiger partial charge in [-0.05, 0) is 81.0 Å². The predicted molar refractivity (Wildman–Crippen MR) is 160 cm³/mol. The van der Waals surface area contributed by atoms with Gasteiger partial charge in [0.1, 0.15) is 6.61 Å². The van der Waals surface area contributed by atoms with E-state index in [1.165, 1.54) is 55.6 Å². The van der Waals surface area contributed by atoms with Gasteiger partial charge in [0.25, 0.3) is 0 Å². The number of hydrogen-bond acceptors (Lipinski definition) is 2. The van der Waals surface area contributed by atoms with Crippen molar-refractivity contribution in [1.29, 1.82) is 0 Å². The lowest BCUT2D eigenvalue weighted by atomic mass is 9.81. The second-order valence-corrected chi connectivity index (χ2v) is 12.3. The summed E-state index contributed by atoms with van der Waals surface area (Å²) in [4.78, 5) is 15.5. The molecule has 2 aliphatic carbocycles. The normalized spacial score (nSPS) is 21.4. The number of amides is 1. The van der Waals surface area contributed by atoms with Crippen LogP contribution in [-0.2, 0) is 10.2 Å². The van der Waals surface area contributed by atoms with E-state index in [0.29, 0.717) is 6.61 Å². The van der Waals surface area contributed by atoms with Crippen LogP contribution in [0.4, 0.5) is 4.79 Å². The molecule has 0 N–H and O–H groups in total. The molecule has 4 aromatic rings. The minimum Gasteiger partial charge on any atom is -0.448 e. The first-order chi connectivity index (χ1) is 19.5. The summed E-state index contributed by atoms with van der Waals surface area (Å²) in [6.45, 7) is 5.04. The SMILES string of the molecule is CC1(C)c2ccccc2-c2ccc(C3=CC4CCC(C3)N4C(=O)OCC3c4ccccc4-c4ccccc43)cc21. The summed E-state index contributed by atoms with van der Waals surface area (Å²) in [5.74, 6) is 0.0868. The Kier molecular flexibility index (Phi) is 5.16. The van der Waals surface area contributed by atoms with Gasteiger partial charge in [-0.1, -0.05) is 105 Å². The maximum atomic E-state index is 13.5. The first-order valence-corrected chi connectivity index (χ1v) is 14.6. The summed E-state index contributed by atoms with van der Waals surface area (Å²) >= 11 is 0. The average Bonchev–Trinajstić information content (AvgIpc) is 3.54. The average molecular weight is 524 g/mol. The molecule has 1 saturated heterocycles. The molecule has 8 rings (SSSR count). The minimum absolute atomic E-state index is 0.0105. The topological polar surface area (TPSA) is 29.5 Å². The highest BCUT2D eigenvalue weighted by Gasteiger charge is 2.42. The van der Waals surface area contributed by atoms with E-state index in [1.54, 1.807) is 0 Å². The molecule has 0 spiro atoms. The van der Waals surface area contributed by atoms with Crippen molar-refractivity contribution in [3.8, 4) is 22.3 Å². The molecule has 2 bridgehead atoms. The highest BCUT2D eigenvalue weighted by molar-refractivity contribution is 5.84. The third kappa shape index (κ3) is 3.40. The molecule has 1 amide bonds. The first-order valence-electron chi connectivity index (χ1n) is 14.6. The molecule has 40 heavy (non-hydrogen) atoms. The molecule has 3 nitrogen and oxygen atoms in total. The zero-order chi connectivity index (χ0) is 27.0. The van der Waals surface area contributed by atoms with Gasteiger partial charge in [0.2, 0.25) is 0 Å². The molecular weight excluding hydrogens is 490 g/mol. The van der Waals surface area contributed by atoms with E-state index in [0.717, 1.165) is 19.3 Å². The van der Waals surface area contributed by atoms with Gasteiger partial charge in [0.05, 0.1) is 6.04 Å². The Labute approximate surface area is 236 Å². The number of carbonyl (C=O) groups excluding carboxylic acids is 1. The number of hydrogen-bond donors (Lipinski definition) is 0. The van der Waals surface area contributed by atoms with Gasteiger partial charge in [0.15, 0.2) is 0 Å². The lowest BCUT2D eigenvalue weighted by Gasteiger charge is -2.34. The van der Waals surface area contributed by atoms with E-state index in [1.807, 2.05) is 4.90 Å². The maximum Gasteiger partial charge on any atom is 0.410 e. The van der Waals surface area contributed by atoms with Crippen LogP contribution in [0.15, 0.2) is 97.1 Å². The standard InChI is InChI=1S/C37H33NO2/c1-37(2)34-14-8-7-13-31(34)32-18-15-23(21-35(32)37)24-19-25-16-17-26(20-24)38(25)36(39)40-22-33-29-11-5-3-9-27(29)28-10-4-6-12-30(28)33/h3-15,18-19,21,25-26,33H,16-17,20,22H2,1-2H3. The summed E-state index contributed by atoms with van der Waals surface area (Å²) in [6, 6.07) is 33.1. The molecule has 2 atom stereocenters. The van der Waals surface area contributed by atoms with Gasteiger partial charge in [-0.15, -0.1) is 0 Å². The summed E-state index contributed by atoms with van der Waals surface area (Å²) in [5, 5.41) is 0. The Hall–Kier alpha value is -4.11. The smallest absolute Gasteiger partial charge is 0.410 e. The van der Waals surface area contributed by atoms with Crippen molar-refractivity contribution < 1.29 is 9.53 Å². The molecule has 2 heterocycles. The van der Waals surface area contributed by atoms with Gasteiger partial charge < -0.3 is 4.74 Å². The van der Waals surface area contributed by atoms with Crippen molar-refractivity contribution in [2.75, 3.05) is 6.61 Å². The quantitative estimate of drug-likeness (QED) is 0.269. The highest BCUT2D eigenvalue weighted by Crippen LogP contribution is 2.50. The fourth-order valence-electron chi connectivity index (χ4n) is 7.90. The monoisotopic (exact) mass is 523 g/mol. The molecule has 4 aromatic carbocycles. The number of nitrogens with zero attached hydrogens (tertiary/aromatic N) is 1. The van der Waals surface area contributed by atoms with E-state index in [4.69, 9.17) is 4.74 Å². The molecule has 3 heteroatoms. The number of carbonyl (C=O) groups is 1. The van der Waals surface area contributed by atoms with Crippen molar-refractivity contribution in [3.05, 3.63) is 125 Å². The molecule has 2 aliphatic heterocycles. The maximum absolute atomic E-state index is 13.5. The Morgan fingerprint density at radius 2 is 1.45 bits per heavy atom. The summed E-state index contributed by atoms with van der Waals surface area (Å²) in [6.07, 6.45) is 5.07. The lowest BCUT2D eigenvalue weighted by Crippen LogP contribution is -2.43. The Morgan fingerprint density at radius 1 is 0.800 bits per heavy atom. The van der Waals surface area contributed by atoms with Crippen molar-refractivity contribution in [1.82, 2.24) is 4.90 Å². The number of fused-ring (bicyclic) bond motifs is 8. The van der Waals surface area contributed by atoms with Gasteiger partial charge in [-0.25, -0.2) is 4.79 Å². The van der Waals surface area contributed by atoms with E-state index in [-0.39, 0.29) is 29.5 Å². The largest absolute Gasteiger partial charge is 0.448 e. The third-order valence-electron chi connectivity index (χ3n) is 9.90. The Morgan fingerprint density at radius 3 is 2.17 bits per heavy atom. The van der Waals surface area contributed by atoms with Crippen LogP contribution in [0.2, 0.25) is 0 Å². The van der Waals surface area contributed by atoms with Crippen molar-refractivity contribution in [2.24, 2.45) is 0 Å². The predicted octanol–water partition coefficient (Wildman–Crippen LogP) is 8.56. The van der Waals surface area contributed by atoms with Gasteiger partial charge in [0, 0.05) is 17.4 Å². The minimum atomic E-state index is -0.171. The summed E-state index contributed by atoms with van der Waals surface area (Å²) in [5.41, 5.74) is 13.2. The van der Waals surface area contributed by atoms with E-state index in [9.17, 15) is 4.79 Å². The molecule has 0 radical (unpaired) electrons. The molecule has 0 aromatic heterocycles. The van der Waals surface area contributed by atoms with Crippen LogP contribution in [0.3, 0.4) is 0 Å². The van der Waals surface area contributed by atoms with Crippen molar-refractivity contribution in [2.45, 2.75) is 56.5 Å². The van der Waals surface area contributed by atoms with Gasteiger partial charge in [-0.3, -0.25) is 4.90 Å². The van der Waals surface area contributed by atoms with Crippen LogP contribution >= 0.6 is 0 Å². The van der Waals surface area contributed by atoms with Crippen LogP contribution in [-0.4, -0.2) is 29.7 Å². The second-order valence-electron chi connectivity index (χ2n) is 12.3. The Balaban J connectivity index is 1.03. The van der Waals surface area contributed by atoms with Gasteiger partial charge in [-0.2, -0.15) is 0 Å².